The lowest BCUT2D eigenvalue weighted by molar-refractivity contribution is -0.150. The first-order chi connectivity index (χ1) is 13.1. The highest BCUT2D eigenvalue weighted by Crippen LogP contribution is 2.34. The summed E-state index contributed by atoms with van der Waals surface area (Å²) >= 11 is 0. The lowest BCUT2D eigenvalue weighted by Gasteiger charge is -2.31. The Morgan fingerprint density at radius 3 is 2.43 bits per heavy atom. The van der Waals surface area contributed by atoms with Gasteiger partial charge in [-0.3, -0.25) is 9.59 Å². The Hall–Kier alpha value is -2.12. The predicted molar refractivity (Wildman–Crippen MR) is 95.1 cm³/mol. The molecule has 0 saturated carbocycles. The van der Waals surface area contributed by atoms with Crippen LogP contribution in [0.3, 0.4) is 0 Å². The van der Waals surface area contributed by atoms with Crippen molar-refractivity contribution in [3.8, 4) is 0 Å². The zero-order valence-corrected chi connectivity index (χ0v) is 16.0. The predicted octanol–water partition coefficient (Wildman–Crippen LogP) is 4.68. The van der Waals surface area contributed by atoms with Crippen molar-refractivity contribution >= 4 is 11.9 Å². The largest absolute Gasteiger partial charge is 0.465 e. The fourth-order valence-electron chi connectivity index (χ4n) is 3.24. The number of benzene rings is 1. The maximum absolute atomic E-state index is 14.0. The quantitative estimate of drug-likeness (QED) is 0.394. The van der Waals surface area contributed by atoms with Crippen molar-refractivity contribution in [1.82, 2.24) is 4.90 Å². The Labute approximate surface area is 161 Å². The Bertz CT molecular complexity index is 695. The highest BCUT2D eigenvalue weighted by molar-refractivity contribution is 5.96. The zero-order chi connectivity index (χ0) is 20.9. The van der Waals surface area contributed by atoms with Crippen molar-refractivity contribution < 1.29 is 31.9 Å². The van der Waals surface area contributed by atoms with Crippen LogP contribution in [0.4, 0.5) is 17.6 Å². The molecule has 0 spiro atoms. The third-order valence-corrected chi connectivity index (χ3v) is 4.82. The monoisotopic (exact) mass is 403 g/mol. The van der Waals surface area contributed by atoms with E-state index in [0.717, 1.165) is 29.9 Å². The molecule has 0 unspecified atom stereocenters. The summed E-state index contributed by atoms with van der Waals surface area (Å²) in [4.78, 5) is 25.8. The van der Waals surface area contributed by atoms with Crippen molar-refractivity contribution in [1.29, 1.82) is 0 Å². The van der Waals surface area contributed by atoms with E-state index in [1.165, 1.54) is 0 Å². The summed E-state index contributed by atoms with van der Waals surface area (Å²) in [6.45, 7) is 4.65. The molecule has 1 heterocycles. The second-order valence-corrected chi connectivity index (χ2v) is 7.43. The molecule has 0 N–H and O–H groups in total. The van der Waals surface area contributed by atoms with Crippen LogP contribution in [0.25, 0.3) is 0 Å². The summed E-state index contributed by atoms with van der Waals surface area (Å²) in [5.74, 6) is -2.43. The highest BCUT2D eigenvalue weighted by Gasteiger charge is 2.39. The van der Waals surface area contributed by atoms with Gasteiger partial charge >= 0.3 is 12.1 Å². The molecule has 0 atom stereocenters. The van der Waals surface area contributed by atoms with Crippen molar-refractivity contribution in [3.63, 3.8) is 0 Å². The minimum atomic E-state index is -4.83. The van der Waals surface area contributed by atoms with Crippen molar-refractivity contribution in [2.75, 3.05) is 19.7 Å². The van der Waals surface area contributed by atoms with Crippen molar-refractivity contribution in [2.45, 2.75) is 45.7 Å². The first kappa shape index (κ1) is 22.2. The standard InChI is InChI=1S/C20H25F4NO3/c1-13(2)5-4-12-28-19(27)14-8-10-25(11-9-14)18(26)17-15(20(22,23)24)6-3-7-16(17)21/h3,6-7,13-14H,4-5,8-12H2,1-2H3. The number of nitrogens with zero attached hydrogens (tertiary/aromatic N) is 1. The second kappa shape index (κ2) is 9.39. The van der Waals surface area contributed by atoms with Crippen LogP contribution in [0.1, 0.15) is 55.5 Å². The van der Waals surface area contributed by atoms with E-state index in [4.69, 9.17) is 4.74 Å². The van der Waals surface area contributed by atoms with Gasteiger partial charge in [-0.1, -0.05) is 19.9 Å². The average molecular weight is 403 g/mol. The molecule has 1 saturated heterocycles. The summed E-state index contributed by atoms with van der Waals surface area (Å²) in [5.41, 5.74) is -2.26. The van der Waals surface area contributed by atoms with Crippen LogP contribution >= 0.6 is 0 Å². The summed E-state index contributed by atoms with van der Waals surface area (Å²) in [6.07, 6.45) is -2.54. The number of amides is 1. The van der Waals surface area contributed by atoms with Gasteiger partial charge in [0.25, 0.3) is 5.91 Å². The topological polar surface area (TPSA) is 46.6 Å². The molecule has 1 fully saturated rings. The minimum absolute atomic E-state index is 0.0796. The van der Waals surface area contributed by atoms with Gasteiger partial charge in [-0.05, 0) is 43.7 Å². The number of hydrogen-bond donors (Lipinski definition) is 0. The molecule has 28 heavy (non-hydrogen) atoms. The van der Waals surface area contributed by atoms with Gasteiger partial charge in [-0.15, -0.1) is 0 Å². The maximum atomic E-state index is 14.0. The van der Waals surface area contributed by atoms with Gasteiger partial charge < -0.3 is 9.64 Å². The molecule has 2 rings (SSSR count). The van der Waals surface area contributed by atoms with Gasteiger partial charge in [0.15, 0.2) is 0 Å². The Morgan fingerprint density at radius 2 is 1.86 bits per heavy atom. The number of rotatable bonds is 6. The van der Waals surface area contributed by atoms with Crippen LogP contribution in [0.2, 0.25) is 0 Å². The van der Waals surface area contributed by atoms with Crippen molar-refractivity contribution in [3.05, 3.63) is 35.1 Å². The number of carbonyl (C=O) groups is 2. The van der Waals surface area contributed by atoms with Crippen LogP contribution in [0.5, 0.6) is 0 Å². The van der Waals surface area contributed by atoms with Gasteiger partial charge in [0.05, 0.1) is 23.7 Å². The number of halogens is 4. The normalized spacial score (nSPS) is 15.8. The smallest absolute Gasteiger partial charge is 0.417 e. The van der Waals surface area contributed by atoms with Crippen LogP contribution < -0.4 is 0 Å². The molecule has 0 aromatic heterocycles. The van der Waals surface area contributed by atoms with Crippen molar-refractivity contribution in [2.24, 2.45) is 11.8 Å². The molecule has 1 aliphatic rings. The number of piperidine rings is 1. The van der Waals surface area contributed by atoms with Gasteiger partial charge in [-0.2, -0.15) is 13.2 Å². The van der Waals surface area contributed by atoms with Gasteiger partial charge in [-0.25, -0.2) is 4.39 Å². The van der Waals surface area contributed by atoms with Gasteiger partial charge in [0.2, 0.25) is 0 Å². The van der Waals surface area contributed by atoms with E-state index in [0.29, 0.717) is 18.6 Å². The molecular weight excluding hydrogens is 378 g/mol. The molecule has 156 valence electrons. The molecule has 1 aromatic carbocycles. The molecule has 0 bridgehead atoms. The maximum Gasteiger partial charge on any atom is 0.417 e. The molecular formula is C20H25F4NO3. The molecule has 4 nitrogen and oxygen atoms in total. The van der Waals surface area contributed by atoms with Crippen LogP contribution in [-0.2, 0) is 15.7 Å². The zero-order valence-electron chi connectivity index (χ0n) is 16.0. The molecule has 8 heteroatoms. The SMILES string of the molecule is CC(C)CCCOC(=O)C1CCN(C(=O)c2c(F)cccc2C(F)(F)F)CC1. The summed E-state index contributed by atoms with van der Waals surface area (Å²) < 4.78 is 58.6. The number of likely N-dealkylation sites (tertiary alicyclic amines) is 1. The van der Waals surface area contributed by atoms with Crippen LogP contribution in [-0.4, -0.2) is 36.5 Å². The fourth-order valence-corrected chi connectivity index (χ4v) is 3.24. The van der Waals surface area contributed by atoms with E-state index in [1.54, 1.807) is 0 Å². The third kappa shape index (κ3) is 5.69. The number of carbonyl (C=O) groups excluding carboxylic acids is 2. The van der Waals surface area contributed by atoms with E-state index < -0.39 is 34.9 Å². The van der Waals surface area contributed by atoms with E-state index in [1.807, 2.05) is 0 Å². The molecule has 1 aromatic rings. The summed E-state index contributed by atoms with van der Waals surface area (Å²) in [6, 6.07) is 2.46. The molecule has 1 aliphatic heterocycles. The molecule has 0 radical (unpaired) electrons. The third-order valence-electron chi connectivity index (χ3n) is 4.82. The van der Waals surface area contributed by atoms with Crippen LogP contribution in [0, 0.1) is 17.7 Å². The first-order valence-electron chi connectivity index (χ1n) is 9.43. The first-order valence-corrected chi connectivity index (χ1v) is 9.43. The second-order valence-electron chi connectivity index (χ2n) is 7.43. The van der Waals surface area contributed by atoms with Gasteiger partial charge in [0.1, 0.15) is 5.82 Å². The van der Waals surface area contributed by atoms with Gasteiger partial charge in [0, 0.05) is 13.1 Å². The fraction of sp³-hybridized carbons (Fsp3) is 0.600. The van der Waals surface area contributed by atoms with E-state index >= 15 is 0 Å². The summed E-state index contributed by atoms with van der Waals surface area (Å²) in [5, 5.41) is 0. The number of ether oxygens (including phenoxy) is 1. The lowest BCUT2D eigenvalue weighted by atomic mass is 9.95. The average Bonchev–Trinajstić information content (AvgIpc) is 2.63. The minimum Gasteiger partial charge on any atom is -0.465 e. The van der Waals surface area contributed by atoms with E-state index in [2.05, 4.69) is 13.8 Å². The lowest BCUT2D eigenvalue weighted by Crippen LogP contribution is -2.41. The summed E-state index contributed by atoms with van der Waals surface area (Å²) in [7, 11) is 0. The number of hydrogen-bond acceptors (Lipinski definition) is 3. The number of alkyl halides is 3. The van der Waals surface area contributed by atoms with Crippen LogP contribution in [0.15, 0.2) is 18.2 Å². The Morgan fingerprint density at radius 1 is 1.21 bits per heavy atom. The van der Waals surface area contributed by atoms with E-state index in [-0.39, 0.29) is 31.9 Å². The highest BCUT2D eigenvalue weighted by atomic mass is 19.4. The molecule has 1 amide bonds. The van der Waals surface area contributed by atoms with E-state index in [9.17, 15) is 27.2 Å². The Balaban J connectivity index is 1.95. The number of esters is 1. The Kier molecular flexibility index (Phi) is 7.43. The molecule has 0 aliphatic carbocycles.